The lowest BCUT2D eigenvalue weighted by molar-refractivity contribution is -0.119. The van der Waals surface area contributed by atoms with Gasteiger partial charge in [-0.1, -0.05) is 26.0 Å². The largest absolute Gasteiger partial charge is 0.355 e. The molecule has 7 heteroatoms. The number of rotatable bonds is 9. The fourth-order valence-corrected chi connectivity index (χ4v) is 2.94. The molecule has 1 aromatic rings. The lowest BCUT2D eigenvalue weighted by Crippen LogP contribution is -2.37. The summed E-state index contributed by atoms with van der Waals surface area (Å²) in [6.07, 6.45) is 0.822. The van der Waals surface area contributed by atoms with Gasteiger partial charge >= 0.3 is 0 Å². The highest BCUT2D eigenvalue weighted by molar-refractivity contribution is 7.89. The lowest BCUT2D eigenvalue weighted by Gasteiger charge is -2.11. The van der Waals surface area contributed by atoms with Crippen LogP contribution in [-0.2, 0) is 14.8 Å². The van der Waals surface area contributed by atoms with Crippen LogP contribution in [0.2, 0.25) is 0 Å². The highest BCUT2D eigenvalue weighted by Crippen LogP contribution is 2.17. The first-order chi connectivity index (χ1) is 10.7. The molecule has 0 bridgehead atoms. The van der Waals surface area contributed by atoms with Gasteiger partial charge in [0.25, 0.3) is 0 Å². The number of hydrogen-bond donors (Lipinski definition) is 2. The summed E-state index contributed by atoms with van der Waals surface area (Å²) < 4.78 is 26.6. The Balaban J connectivity index is 2.47. The van der Waals surface area contributed by atoms with Gasteiger partial charge in [-0.3, -0.25) is 4.79 Å². The molecule has 0 heterocycles. The van der Waals surface area contributed by atoms with Gasteiger partial charge in [-0.25, -0.2) is 13.1 Å². The van der Waals surface area contributed by atoms with Crippen LogP contribution in [0.25, 0.3) is 0 Å². The zero-order valence-corrected chi connectivity index (χ0v) is 15.1. The maximum Gasteiger partial charge on any atom is 0.241 e. The molecule has 1 aromatic carbocycles. The first kappa shape index (κ1) is 19.6. The van der Waals surface area contributed by atoms with Gasteiger partial charge in [0.15, 0.2) is 0 Å². The summed E-state index contributed by atoms with van der Waals surface area (Å²) >= 11 is 0. The van der Waals surface area contributed by atoms with Crippen LogP contribution in [0, 0.1) is 0 Å². The van der Waals surface area contributed by atoms with Crippen LogP contribution in [0.1, 0.15) is 31.7 Å². The average molecular weight is 341 g/mol. The van der Waals surface area contributed by atoms with Crippen molar-refractivity contribution in [2.24, 2.45) is 0 Å². The van der Waals surface area contributed by atoms with Gasteiger partial charge in [0.2, 0.25) is 15.9 Å². The lowest BCUT2D eigenvalue weighted by atomic mass is 10.0. The van der Waals surface area contributed by atoms with E-state index in [1.54, 1.807) is 24.3 Å². The third-order valence-corrected chi connectivity index (χ3v) is 4.80. The Morgan fingerprint density at radius 3 is 2.30 bits per heavy atom. The molecule has 130 valence electrons. The molecule has 6 nitrogen and oxygen atoms in total. The molecule has 0 aliphatic heterocycles. The summed E-state index contributed by atoms with van der Waals surface area (Å²) in [5.41, 5.74) is 1.07. The summed E-state index contributed by atoms with van der Waals surface area (Å²) in [6, 6.07) is 6.71. The normalized spacial score (nSPS) is 11.9. The summed E-state index contributed by atoms with van der Waals surface area (Å²) in [4.78, 5) is 13.8. The molecule has 0 saturated heterocycles. The maximum absolute atomic E-state index is 12.1. The highest BCUT2D eigenvalue weighted by atomic mass is 32.2. The average Bonchev–Trinajstić information content (AvgIpc) is 2.49. The second-order valence-corrected chi connectivity index (χ2v) is 7.82. The van der Waals surface area contributed by atoms with Crippen molar-refractivity contribution in [1.29, 1.82) is 0 Å². The quantitative estimate of drug-likeness (QED) is 0.661. The number of carbonyl (C=O) groups excluding carboxylic acids is 1. The van der Waals surface area contributed by atoms with Crippen molar-refractivity contribution in [1.82, 2.24) is 14.9 Å². The first-order valence-electron chi connectivity index (χ1n) is 7.73. The molecule has 0 spiro atoms. The smallest absolute Gasteiger partial charge is 0.241 e. The monoisotopic (exact) mass is 341 g/mol. The molecule has 0 saturated carbocycles. The molecular formula is C16H27N3O3S. The molecule has 23 heavy (non-hydrogen) atoms. The predicted octanol–water partition coefficient (Wildman–Crippen LogP) is 1.16. The van der Waals surface area contributed by atoms with Crippen LogP contribution in [0.4, 0.5) is 0 Å². The Kier molecular flexibility index (Phi) is 7.67. The van der Waals surface area contributed by atoms with E-state index in [1.807, 2.05) is 32.8 Å². The van der Waals surface area contributed by atoms with Gasteiger partial charge in [0.1, 0.15) is 0 Å². The molecule has 0 atom stereocenters. The van der Waals surface area contributed by atoms with Crippen molar-refractivity contribution < 1.29 is 13.2 Å². The van der Waals surface area contributed by atoms with E-state index >= 15 is 0 Å². The van der Waals surface area contributed by atoms with Crippen LogP contribution < -0.4 is 10.0 Å². The van der Waals surface area contributed by atoms with Crippen LogP contribution >= 0.6 is 0 Å². The van der Waals surface area contributed by atoms with Crippen molar-refractivity contribution in [3.05, 3.63) is 29.8 Å². The van der Waals surface area contributed by atoms with Gasteiger partial charge < -0.3 is 10.2 Å². The Hall–Kier alpha value is -1.44. The van der Waals surface area contributed by atoms with Crippen molar-refractivity contribution in [2.75, 3.05) is 33.7 Å². The molecule has 1 amide bonds. The van der Waals surface area contributed by atoms with Crippen molar-refractivity contribution in [2.45, 2.75) is 31.1 Å². The van der Waals surface area contributed by atoms with Gasteiger partial charge in [0, 0.05) is 6.54 Å². The SMILES string of the molecule is CC(C)c1ccc(S(=O)(=O)NCC(=O)NCCCN(C)C)cc1. The number of benzene rings is 1. The van der Waals surface area contributed by atoms with E-state index in [0.717, 1.165) is 18.5 Å². The van der Waals surface area contributed by atoms with Crippen LogP contribution in [0.15, 0.2) is 29.2 Å². The number of nitrogens with one attached hydrogen (secondary N) is 2. The summed E-state index contributed by atoms with van der Waals surface area (Å²) in [7, 11) is 0.257. The number of carbonyl (C=O) groups is 1. The van der Waals surface area contributed by atoms with E-state index in [-0.39, 0.29) is 17.3 Å². The van der Waals surface area contributed by atoms with Crippen molar-refractivity contribution in [3.8, 4) is 0 Å². The van der Waals surface area contributed by atoms with Gasteiger partial charge in [0.05, 0.1) is 11.4 Å². The zero-order chi connectivity index (χ0) is 17.5. The minimum atomic E-state index is -3.66. The third kappa shape index (κ3) is 7.11. The second kappa shape index (κ2) is 9.00. The van der Waals surface area contributed by atoms with Crippen LogP contribution in [0.5, 0.6) is 0 Å². The summed E-state index contributed by atoms with van der Waals surface area (Å²) in [5.74, 6) is 0.0128. The van der Waals surface area contributed by atoms with Crippen LogP contribution in [0.3, 0.4) is 0 Å². The van der Waals surface area contributed by atoms with Gasteiger partial charge in [-0.05, 0) is 50.7 Å². The van der Waals surface area contributed by atoms with Crippen molar-refractivity contribution >= 4 is 15.9 Å². The first-order valence-corrected chi connectivity index (χ1v) is 9.21. The van der Waals surface area contributed by atoms with Crippen molar-refractivity contribution in [3.63, 3.8) is 0 Å². The second-order valence-electron chi connectivity index (χ2n) is 6.06. The van der Waals surface area contributed by atoms with E-state index in [9.17, 15) is 13.2 Å². The number of amides is 1. The van der Waals surface area contributed by atoms with Crippen LogP contribution in [-0.4, -0.2) is 53.0 Å². The molecular weight excluding hydrogens is 314 g/mol. The molecule has 0 fully saturated rings. The Labute approximate surface area is 139 Å². The number of sulfonamides is 1. The maximum atomic E-state index is 12.1. The molecule has 0 radical (unpaired) electrons. The Bertz CT molecular complexity index is 596. The van der Waals surface area contributed by atoms with E-state index in [2.05, 4.69) is 10.0 Å². The molecule has 0 unspecified atom stereocenters. The standard InChI is InChI=1S/C16H27N3O3S/c1-13(2)14-6-8-15(9-7-14)23(21,22)18-12-16(20)17-10-5-11-19(3)4/h6-9,13,18H,5,10-12H2,1-4H3,(H,17,20). The molecule has 2 N–H and O–H groups in total. The van der Waals surface area contributed by atoms with E-state index in [1.165, 1.54) is 0 Å². The molecule has 0 aliphatic rings. The number of hydrogen-bond acceptors (Lipinski definition) is 4. The fourth-order valence-electron chi connectivity index (χ4n) is 1.96. The van der Waals surface area contributed by atoms with Gasteiger partial charge in [-0.2, -0.15) is 0 Å². The topological polar surface area (TPSA) is 78.5 Å². The third-order valence-electron chi connectivity index (χ3n) is 3.38. The highest BCUT2D eigenvalue weighted by Gasteiger charge is 2.15. The molecule has 0 aromatic heterocycles. The molecule has 0 aliphatic carbocycles. The molecule has 1 rings (SSSR count). The van der Waals surface area contributed by atoms with E-state index in [4.69, 9.17) is 0 Å². The number of nitrogens with zero attached hydrogens (tertiary/aromatic N) is 1. The predicted molar refractivity (Wildman–Crippen MR) is 91.9 cm³/mol. The zero-order valence-electron chi connectivity index (χ0n) is 14.3. The van der Waals surface area contributed by atoms with E-state index < -0.39 is 10.0 Å². The van der Waals surface area contributed by atoms with E-state index in [0.29, 0.717) is 12.5 Å². The van der Waals surface area contributed by atoms with Gasteiger partial charge in [-0.15, -0.1) is 0 Å². The Morgan fingerprint density at radius 1 is 1.17 bits per heavy atom. The summed E-state index contributed by atoms with van der Waals surface area (Å²) in [5, 5.41) is 2.69. The summed E-state index contributed by atoms with van der Waals surface area (Å²) in [6.45, 7) is 5.23. The Morgan fingerprint density at radius 2 is 1.78 bits per heavy atom. The fraction of sp³-hybridized carbons (Fsp3) is 0.562. The minimum absolute atomic E-state index is 0.169. The minimum Gasteiger partial charge on any atom is -0.355 e.